The predicted octanol–water partition coefficient (Wildman–Crippen LogP) is 2.65. The van der Waals surface area contributed by atoms with Crippen molar-refractivity contribution < 1.29 is 14.4 Å². The number of benzene rings is 1. The molecule has 3 aliphatic heterocycles. The van der Waals surface area contributed by atoms with Crippen molar-refractivity contribution in [2.45, 2.75) is 38.0 Å². The number of thiazole rings is 1. The van der Waals surface area contributed by atoms with Crippen molar-refractivity contribution in [2.75, 3.05) is 37.6 Å². The molecule has 9 heteroatoms. The lowest BCUT2D eigenvalue weighted by Gasteiger charge is -2.31. The van der Waals surface area contributed by atoms with Crippen molar-refractivity contribution in [3.8, 4) is 0 Å². The lowest BCUT2D eigenvalue weighted by Crippen LogP contribution is -2.42. The highest BCUT2D eigenvalue weighted by Crippen LogP contribution is 2.47. The molecule has 1 spiro atoms. The van der Waals surface area contributed by atoms with Gasteiger partial charge in [-0.05, 0) is 30.0 Å². The van der Waals surface area contributed by atoms with Crippen molar-refractivity contribution in [1.29, 1.82) is 0 Å². The molecular formula is C23H25ClN4O3S. The Kier molecular flexibility index (Phi) is 5.45. The average molecular weight is 473 g/mol. The Bertz CT molecular complexity index is 1100. The highest BCUT2D eigenvalue weighted by Gasteiger charge is 2.49. The van der Waals surface area contributed by atoms with Crippen molar-refractivity contribution in [3.05, 3.63) is 44.9 Å². The maximum absolute atomic E-state index is 13.2. The van der Waals surface area contributed by atoms with E-state index < -0.39 is 0 Å². The van der Waals surface area contributed by atoms with Crippen LogP contribution < -0.4 is 4.90 Å². The Hall–Kier alpha value is -2.45. The van der Waals surface area contributed by atoms with Crippen molar-refractivity contribution in [3.63, 3.8) is 0 Å². The fourth-order valence-corrected chi connectivity index (χ4v) is 5.93. The van der Waals surface area contributed by atoms with Gasteiger partial charge in [-0.15, -0.1) is 11.3 Å². The molecule has 0 aliphatic carbocycles. The van der Waals surface area contributed by atoms with Gasteiger partial charge in [0.25, 0.3) is 0 Å². The van der Waals surface area contributed by atoms with Crippen LogP contribution in [0.1, 0.15) is 35.9 Å². The summed E-state index contributed by atoms with van der Waals surface area (Å²) >= 11 is 7.30. The zero-order chi connectivity index (χ0) is 22.5. The Morgan fingerprint density at radius 2 is 1.91 bits per heavy atom. The second kappa shape index (κ2) is 8.15. The molecule has 2 fully saturated rings. The number of carbonyl (C=O) groups is 3. The first-order valence-electron chi connectivity index (χ1n) is 10.9. The SMILES string of the molecule is CC(=O)N1CCC2(C1)CN(C(=O)Cc1ncc(Cl)s1)c1ccc(CC(=O)N3CCC3)cc12. The smallest absolute Gasteiger partial charge is 0.233 e. The van der Waals surface area contributed by atoms with Crippen LogP contribution in [0.4, 0.5) is 5.69 Å². The van der Waals surface area contributed by atoms with Crippen LogP contribution in [0.15, 0.2) is 24.4 Å². The molecule has 0 saturated carbocycles. The molecule has 0 N–H and O–H groups in total. The number of hydrogen-bond acceptors (Lipinski definition) is 5. The highest BCUT2D eigenvalue weighted by atomic mass is 35.5. The Labute approximate surface area is 196 Å². The van der Waals surface area contributed by atoms with Crippen LogP contribution in [0, 0.1) is 0 Å². The monoisotopic (exact) mass is 472 g/mol. The number of likely N-dealkylation sites (tertiary alicyclic amines) is 2. The van der Waals surface area contributed by atoms with Crippen molar-refractivity contribution in [1.82, 2.24) is 14.8 Å². The fourth-order valence-electron chi connectivity index (χ4n) is 4.99. The van der Waals surface area contributed by atoms with Gasteiger partial charge in [0, 0.05) is 50.7 Å². The molecule has 1 aromatic carbocycles. The van der Waals surface area contributed by atoms with Gasteiger partial charge < -0.3 is 14.7 Å². The summed E-state index contributed by atoms with van der Waals surface area (Å²) in [4.78, 5) is 47.6. The van der Waals surface area contributed by atoms with Crippen LogP contribution in [0.2, 0.25) is 4.34 Å². The van der Waals surface area contributed by atoms with E-state index in [0.717, 1.165) is 42.7 Å². The number of amides is 3. The lowest BCUT2D eigenvalue weighted by molar-refractivity contribution is -0.133. The minimum atomic E-state index is -0.299. The first-order valence-corrected chi connectivity index (χ1v) is 12.1. The van der Waals surface area contributed by atoms with Crippen LogP contribution in [-0.4, -0.2) is 65.2 Å². The molecule has 0 radical (unpaired) electrons. The first kappa shape index (κ1) is 21.4. The zero-order valence-corrected chi connectivity index (χ0v) is 19.5. The molecule has 32 heavy (non-hydrogen) atoms. The van der Waals surface area contributed by atoms with E-state index in [9.17, 15) is 14.4 Å². The van der Waals surface area contributed by atoms with Gasteiger partial charge in [0.1, 0.15) is 9.34 Å². The van der Waals surface area contributed by atoms with Gasteiger partial charge in [0.05, 0.1) is 19.0 Å². The molecule has 168 valence electrons. The van der Waals surface area contributed by atoms with E-state index in [0.29, 0.717) is 35.4 Å². The van der Waals surface area contributed by atoms with Gasteiger partial charge in [0.15, 0.2) is 0 Å². The number of rotatable bonds is 4. The number of aromatic nitrogens is 1. The van der Waals surface area contributed by atoms with Gasteiger partial charge >= 0.3 is 0 Å². The topological polar surface area (TPSA) is 73.8 Å². The van der Waals surface area contributed by atoms with Gasteiger partial charge in [-0.25, -0.2) is 4.98 Å². The second-order valence-electron chi connectivity index (χ2n) is 8.95. The van der Waals surface area contributed by atoms with Crippen LogP contribution in [0.25, 0.3) is 0 Å². The minimum Gasteiger partial charge on any atom is -0.342 e. The number of carbonyl (C=O) groups excluding carboxylic acids is 3. The quantitative estimate of drug-likeness (QED) is 0.685. The Morgan fingerprint density at radius 1 is 1.09 bits per heavy atom. The number of hydrogen-bond donors (Lipinski definition) is 0. The van der Waals surface area contributed by atoms with Gasteiger partial charge in [-0.2, -0.15) is 0 Å². The van der Waals surface area contributed by atoms with Crippen LogP contribution >= 0.6 is 22.9 Å². The molecule has 1 atom stereocenters. The fraction of sp³-hybridized carbons (Fsp3) is 0.478. The summed E-state index contributed by atoms with van der Waals surface area (Å²) < 4.78 is 0.565. The van der Waals surface area contributed by atoms with E-state index in [1.807, 2.05) is 26.8 Å². The van der Waals surface area contributed by atoms with E-state index in [1.165, 1.54) is 11.3 Å². The molecule has 5 rings (SSSR count). The van der Waals surface area contributed by atoms with Crippen molar-refractivity contribution in [2.24, 2.45) is 0 Å². The molecule has 1 unspecified atom stereocenters. The summed E-state index contributed by atoms with van der Waals surface area (Å²) in [5, 5.41) is 0.691. The highest BCUT2D eigenvalue weighted by molar-refractivity contribution is 7.15. The Balaban J connectivity index is 1.45. The van der Waals surface area contributed by atoms with E-state index >= 15 is 0 Å². The van der Waals surface area contributed by atoms with E-state index in [4.69, 9.17) is 11.6 Å². The average Bonchev–Trinajstić information content (AvgIpc) is 3.39. The molecule has 0 bridgehead atoms. The third-order valence-corrected chi connectivity index (χ3v) is 7.99. The summed E-state index contributed by atoms with van der Waals surface area (Å²) in [6.45, 7) is 5.07. The molecule has 4 heterocycles. The van der Waals surface area contributed by atoms with Gasteiger partial charge in [-0.3, -0.25) is 14.4 Å². The largest absolute Gasteiger partial charge is 0.342 e. The normalized spacial score (nSPS) is 21.8. The number of nitrogens with zero attached hydrogens (tertiary/aromatic N) is 4. The summed E-state index contributed by atoms with van der Waals surface area (Å²) in [6.07, 6.45) is 4.00. The summed E-state index contributed by atoms with van der Waals surface area (Å²) in [6, 6.07) is 6.00. The van der Waals surface area contributed by atoms with Gasteiger partial charge in [0.2, 0.25) is 17.7 Å². The molecule has 1 aromatic heterocycles. The molecule has 7 nitrogen and oxygen atoms in total. The predicted molar refractivity (Wildman–Crippen MR) is 123 cm³/mol. The van der Waals surface area contributed by atoms with Crippen LogP contribution in [0.3, 0.4) is 0 Å². The maximum atomic E-state index is 13.2. The lowest BCUT2D eigenvalue weighted by atomic mass is 9.81. The summed E-state index contributed by atoms with van der Waals surface area (Å²) in [7, 11) is 0. The van der Waals surface area contributed by atoms with Crippen molar-refractivity contribution >= 4 is 46.3 Å². The number of anilines is 1. The third kappa shape index (κ3) is 3.79. The Morgan fingerprint density at radius 3 is 2.53 bits per heavy atom. The minimum absolute atomic E-state index is 0.0279. The summed E-state index contributed by atoms with van der Waals surface area (Å²) in [5.41, 5.74) is 2.61. The summed E-state index contributed by atoms with van der Waals surface area (Å²) in [5.74, 6) is 0.170. The molecule has 3 aliphatic rings. The molecule has 2 saturated heterocycles. The van der Waals surface area contributed by atoms with E-state index in [1.54, 1.807) is 13.1 Å². The van der Waals surface area contributed by atoms with Crippen LogP contribution in [-0.2, 0) is 32.6 Å². The van der Waals surface area contributed by atoms with E-state index in [-0.39, 0.29) is 29.6 Å². The second-order valence-corrected chi connectivity index (χ2v) is 10.7. The third-order valence-electron chi connectivity index (χ3n) is 6.88. The number of fused-ring (bicyclic) bond motifs is 2. The number of halogens is 1. The van der Waals surface area contributed by atoms with Gasteiger partial charge in [-0.1, -0.05) is 23.7 Å². The zero-order valence-electron chi connectivity index (χ0n) is 18.0. The van der Waals surface area contributed by atoms with E-state index in [2.05, 4.69) is 11.1 Å². The van der Waals surface area contributed by atoms with Crippen LogP contribution in [0.5, 0.6) is 0 Å². The standard InChI is InChI=1S/C23H25ClN4O3S/c1-15(29)27-8-5-23(13-27)14-28(22(31)11-20-25-12-19(24)32-20)18-4-3-16(9-17(18)23)10-21(30)26-6-2-7-26/h3-4,9,12H,2,5-8,10-11,13-14H2,1H3. The molecular weight excluding hydrogens is 448 g/mol. The molecule has 3 amide bonds. The first-order chi connectivity index (χ1) is 15.3. The maximum Gasteiger partial charge on any atom is 0.233 e. The molecule has 2 aromatic rings.